The van der Waals surface area contributed by atoms with Crippen LogP contribution in [-0.4, -0.2) is 18.7 Å². The fourth-order valence-electron chi connectivity index (χ4n) is 2.79. The summed E-state index contributed by atoms with van der Waals surface area (Å²) < 4.78 is 24.5. The third kappa shape index (κ3) is 5.67. The summed E-state index contributed by atoms with van der Waals surface area (Å²) in [6, 6.07) is 18.8. The van der Waals surface area contributed by atoms with Gasteiger partial charge in [0.2, 0.25) is 0 Å². The Labute approximate surface area is 175 Å². The lowest BCUT2D eigenvalue weighted by Crippen LogP contribution is -2.18. The molecule has 0 aliphatic heterocycles. The van der Waals surface area contributed by atoms with Gasteiger partial charge in [-0.25, -0.2) is 9.82 Å². The van der Waals surface area contributed by atoms with Crippen LogP contribution in [0.25, 0.3) is 0 Å². The van der Waals surface area contributed by atoms with Crippen molar-refractivity contribution in [1.29, 1.82) is 0 Å². The molecular weight excluding hydrogens is 383 g/mol. The van der Waals surface area contributed by atoms with Crippen molar-refractivity contribution in [3.05, 3.63) is 94.8 Å². The first kappa shape index (κ1) is 21.0. The highest BCUT2D eigenvalue weighted by molar-refractivity contribution is 5.96. The highest BCUT2D eigenvalue weighted by Crippen LogP contribution is 2.29. The first-order valence-electron chi connectivity index (χ1n) is 9.60. The van der Waals surface area contributed by atoms with Crippen LogP contribution in [0.2, 0.25) is 0 Å². The van der Waals surface area contributed by atoms with E-state index in [0.717, 1.165) is 16.7 Å². The highest BCUT2D eigenvalue weighted by atomic mass is 19.1. The summed E-state index contributed by atoms with van der Waals surface area (Å²) in [6.07, 6.45) is 1.54. The maximum absolute atomic E-state index is 13.0. The normalized spacial score (nSPS) is 10.8. The van der Waals surface area contributed by atoms with Gasteiger partial charge in [-0.1, -0.05) is 30.3 Å². The molecule has 30 heavy (non-hydrogen) atoms. The molecule has 0 aliphatic rings. The minimum atomic E-state index is -0.285. The lowest BCUT2D eigenvalue weighted by Gasteiger charge is -2.12. The molecule has 0 spiro atoms. The van der Waals surface area contributed by atoms with Crippen molar-refractivity contribution in [1.82, 2.24) is 5.43 Å². The van der Waals surface area contributed by atoms with Crippen LogP contribution >= 0.6 is 0 Å². The van der Waals surface area contributed by atoms with Gasteiger partial charge in [-0.05, 0) is 66.9 Å². The lowest BCUT2D eigenvalue weighted by atomic mass is 10.1. The number of halogens is 1. The Hall–Kier alpha value is -3.67. The molecule has 0 atom stereocenters. The number of benzene rings is 3. The molecule has 0 unspecified atom stereocenters. The van der Waals surface area contributed by atoms with Crippen LogP contribution in [0.3, 0.4) is 0 Å². The van der Waals surface area contributed by atoms with Crippen molar-refractivity contribution >= 4 is 12.1 Å². The van der Waals surface area contributed by atoms with Gasteiger partial charge in [-0.3, -0.25) is 4.79 Å². The minimum Gasteiger partial charge on any atom is -0.490 e. The van der Waals surface area contributed by atoms with E-state index in [1.165, 1.54) is 12.1 Å². The number of nitrogens with one attached hydrogen (secondary N) is 1. The molecular formula is C24H23FN2O3. The Balaban J connectivity index is 1.66. The summed E-state index contributed by atoms with van der Waals surface area (Å²) in [4.78, 5) is 12.2. The zero-order chi connectivity index (χ0) is 21.3. The van der Waals surface area contributed by atoms with E-state index in [9.17, 15) is 9.18 Å². The molecule has 0 saturated carbocycles. The van der Waals surface area contributed by atoms with Crippen LogP contribution in [0.5, 0.6) is 11.5 Å². The monoisotopic (exact) mass is 406 g/mol. The second-order valence-corrected chi connectivity index (χ2v) is 6.57. The summed E-state index contributed by atoms with van der Waals surface area (Å²) in [5, 5.41) is 4.04. The number of amides is 1. The van der Waals surface area contributed by atoms with Crippen LogP contribution in [0.4, 0.5) is 4.39 Å². The van der Waals surface area contributed by atoms with E-state index in [0.29, 0.717) is 30.3 Å². The maximum atomic E-state index is 13.0. The summed E-state index contributed by atoms with van der Waals surface area (Å²) in [6.45, 7) is 4.52. The number of carbonyl (C=O) groups is 1. The highest BCUT2D eigenvalue weighted by Gasteiger charge is 2.08. The van der Waals surface area contributed by atoms with Crippen LogP contribution in [-0.2, 0) is 6.61 Å². The molecule has 0 bridgehead atoms. The van der Waals surface area contributed by atoms with Gasteiger partial charge in [0.1, 0.15) is 12.4 Å². The van der Waals surface area contributed by atoms with Crippen molar-refractivity contribution < 1.29 is 18.7 Å². The average molecular weight is 406 g/mol. The average Bonchev–Trinajstić information content (AvgIpc) is 2.75. The zero-order valence-electron chi connectivity index (χ0n) is 16.9. The van der Waals surface area contributed by atoms with Crippen LogP contribution < -0.4 is 14.9 Å². The van der Waals surface area contributed by atoms with Gasteiger partial charge in [0, 0.05) is 5.56 Å². The van der Waals surface area contributed by atoms with Gasteiger partial charge in [-0.2, -0.15) is 5.10 Å². The van der Waals surface area contributed by atoms with Crippen molar-refractivity contribution in [2.45, 2.75) is 20.5 Å². The predicted octanol–water partition coefficient (Wildman–Crippen LogP) is 4.88. The van der Waals surface area contributed by atoms with E-state index in [2.05, 4.69) is 10.5 Å². The number of aryl methyl sites for hydroxylation is 1. The fourth-order valence-corrected chi connectivity index (χ4v) is 2.79. The third-order valence-electron chi connectivity index (χ3n) is 4.34. The number of rotatable bonds is 8. The molecule has 0 radical (unpaired) electrons. The largest absolute Gasteiger partial charge is 0.490 e. The van der Waals surface area contributed by atoms with E-state index >= 15 is 0 Å². The quantitative estimate of drug-likeness (QED) is 0.429. The Morgan fingerprint density at radius 2 is 1.80 bits per heavy atom. The Kier molecular flexibility index (Phi) is 7.16. The number of carbonyl (C=O) groups excluding carboxylic acids is 1. The first-order valence-corrected chi connectivity index (χ1v) is 9.60. The summed E-state index contributed by atoms with van der Waals surface area (Å²) in [5.41, 5.74) is 5.59. The topological polar surface area (TPSA) is 59.9 Å². The Morgan fingerprint density at radius 3 is 2.53 bits per heavy atom. The zero-order valence-corrected chi connectivity index (χ0v) is 16.9. The van der Waals surface area contributed by atoms with Crippen molar-refractivity contribution in [2.75, 3.05) is 6.61 Å². The maximum Gasteiger partial charge on any atom is 0.271 e. The molecule has 0 aromatic heterocycles. The van der Waals surface area contributed by atoms with Gasteiger partial charge < -0.3 is 9.47 Å². The van der Waals surface area contributed by atoms with Crippen molar-refractivity contribution in [3.8, 4) is 11.5 Å². The number of nitrogens with zero attached hydrogens (tertiary/aromatic N) is 1. The summed E-state index contributed by atoms with van der Waals surface area (Å²) in [7, 11) is 0. The molecule has 0 aliphatic carbocycles. The van der Waals surface area contributed by atoms with Gasteiger partial charge >= 0.3 is 0 Å². The minimum absolute atomic E-state index is 0.270. The second kappa shape index (κ2) is 10.2. The molecule has 154 valence electrons. The SMILES string of the molecule is CCOc1cc(/C=N\NC(=O)c2ccccc2C)ccc1OCc1ccc(F)cc1. The van der Waals surface area contributed by atoms with Crippen LogP contribution in [0.15, 0.2) is 71.8 Å². The number of ether oxygens (including phenoxy) is 2. The molecule has 6 heteroatoms. The van der Waals surface area contributed by atoms with E-state index < -0.39 is 0 Å². The lowest BCUT2D eigenvalue weighted by molar-refractivity contribution is 0.0954. The molecule has 1 N–H and O–H groups in total. The van der Waals surface area contributed by atoms with Gasteiger partial charge in [0.25, 0.3) is 5.91 Å². The van der Waals surface area contributed by atoms with E-state index in [1.807, 2.05) is 38.1 Å². The Morgan fingerprint density at radius 1 is 1.03 bits per heavy atom. The number of hydrogen-bond donors (Lipinski definition) is 1. The van der Waals surface area contributed by atoms with Gasteiger partial charge in [0.05, 0.1) is 12.8 Å². The van der Waals surface area contributed by atoms with E-state index in [4.69, 9.17) is 9.47 Å². The predicted molar refractivity (Wildman–Crippen MR) is 115 cm³/mol. The van der Waals surface area contributed by atoms with Crippen LogP contribution in [0, 0.1) is 12.7 Å². The fraction of sp³-hybridized carbons (Fsp3) is 0.167. The molecule has 0 saturated heterocycles. The van der Waals surface area contributed by atoms with Crippen molar-refractivity contribution in [2.24, 2.45) is 5.10 Å². The van der Waals surface area contributed by atoms with Gasteiger partial charge in [0.15, 0.2) is 11.5 Å². The second-order valence-electron chi connectivity index (χ2n) is 6.57. The number of hydrazone groups is 1. The number of hydrogen-bond acceptors (Lipinski definition) is 4. The van der Waals surface area contributed by atoms with Crippen molar-refractivity contribution in [3.63, 3.8) is 0 Å². The smallest absolute Gasteiger partial charge is 0.271 e. The molecule has 0 heterocycles. The molecule has 3 rings (SSSR count). The summed E-state index contributed by atoms with van der Waals surface area (Å²) >= 11 is 0. The first-order chi connectivity index (χ1) is 14.6. The molecule has 3 aromatic carbocycles. The molecule has 5 nitrogen and oxygen atoms in total. The van der Waals surface area contributed by atoms with E-state index in [-0.39, 0.29) is 11.7 Å². The van der Waals surface area contributed by atoms with E-state index in [1.54, 1.807) is 36.5 Å². The van der Waals surface area contributed by atoms with Gasteiger partial charge in [-0.15, -0.1) is 0 Å². The van der Waals surface area contributed by atoms with Crippen LogP contribution in [0.1, 0.15) is 34.0 Å². The molecule has 3 aromatic rings. The Bertz CT molecular complexity index is 1030. The molecule has 1 amide bonds. The standard InChI is InChI=1S/C24H23FN2O3/c1-3-29-23-14-19(15-26-27-24(28)21-7-5-4-6-17(21)2)10-13-22(23)30-16-18-8-11-20(25)12-9-18/h4-15H,3,16H2,1-2H3,(H,27,28)/b26-15-. The molecule has 0 fully saturated rings. The third-order valence-corrected chi connectivity index (χ3v) is 4.34. The summed E-state index contributed by atoms with van der Waals surface area (Å²) in [5.74, 6) is 0.580.